The fourth-order valence-electron chi connectivity index (χ4n) is 3.47. The van der Waals surface area contributed by atoms with Crippen LogP contribution in [0.3, 0.4) is 0 Å². The van der Waals surface area contributed by atoms with Gasteiger partial charge in [-0.15, -0.1) is 0 Å². The second kappa shape index (κ2) is 8.47. The van der Waals surface area contributed by atoms with Crippen LogP contribution < -0.4 is 14.9 Å². The minimum atomic E-state index is -0.574. The molecule has 2 aromatic carbocycles. The fraction of sp³-hybridized carbons (Fsp3) is 0.125. The monoisotopic (exact) mass is 416 g/mol. The summed E-state index contributed by atoms with van der Waals surface area (Å²) in [6, 6.07) is 18.8. The maximum absolute atomic E-state index is 13.3. The molecule has 0 spiro atoms. The van der Waals surface area contributed by atoms with E-state index in [0.717, 1.165) is 11.1 Å². The van der Waals surface area contributed by atoms with E-state index in [4.69, 9.17) is 4.74 Å². The van der Waals surface area contributed by atoms with Gasteiger partial charge in [0.2, 0.25) is 0 Å². The minimum Gasteiger partial charge on any atom is -0.466 e. The average molecular weight is 417 g/mol. The molecule has 1 aromatic heterocycles. The molecule has 0 saturated carbocycles. The van der Waals surface area contributed by atoms with Crippen LogP contribution in [0.15, 0.2) is 87.8 Å². The van der Waals surface area contributed by atoms with Crippen molar-refractivity contribution in [1.29, 1.82) is 0 Å². The van der Waals surface area contributed by atoms with Crippen molar-refractivity contribution in [2.45, 2.75) is 13.0 Å². The highest BCUT2D eigenvalue weighted by molar-refractivity contribution is 7.07. The van der Waals surface area contributed by atoms with Gasteiger partial charge in [-0.3, -0.25) is 9.36 Å². The van der Waals surface area contributed by atoms with E-state index < -0.39 is 12.0 Å². The second-order valence-corrected chi connectivity index (χ2v) is 7.79. The summed E-state index contributed by atoms with van der Waals surface area (Å²) in [4.78, 5) is 30.9. The lowest BCUT2D eigenvalue weighted by Crippen LogP contribution is -2.39. The number of hydrogen-bond acceptors (Lipinski definition) is 5. The van der Waals surface area contributed by atoms with E-state index in [9.17, 15) is 9.59 Å². The molecule has 2 heterocycles. The SMILES string of the molecule is COC(=O)C1=C(C)N=c2s/c(=C\C=C\c3ccccc3)c(=O)n2[C@H]1c1ccccc1. The number of aromatic nitrogens is 1. The summed E-state index contributed by atoms with van der Waals surface area (Å²) >= 11 is 1.31. The van der Waals surface area contributed by atoms with Crippen LogP contribution in [0.4, 0.5) is 0 Å². The van der Waals surface area contributed by atoms with Crippen molar-refractivity contribution in [2.24, 2.45) is 4.99 Å². The molecular formula is C24H20N2O3S. The molecule has 3 aromatic rings. The number of benzene rings is 2. The third kappa shape index (κ3) is 3.69. The Bertz CT molecular complexity index is 1320. The molecule has 0 saturated heterocycles. The molecule has 6 heteroatoms. The van der Waals surface area contributed by atoms with E-state index in [1.54, 1.807) is 17.6 Å². The average Bonchev–Trinajstić information content (AvgIpc) is 3.08. The van der Waals surface area contributed by atoms with Crippen molar-refractivity contribution in [3.05, 3.63) is 109 Å². The van der Waals surface area contributed by atoms with Crippen LogP contribution in [0.25, 0.3) is 12.2 Å². The van der Waals surface area contributed by atoms with Crippen molar-refractivity contribution in [2.75, 3.05) is 7.11 Å². The molecule has 0 radical (unpaired) electrons. The van der Waals surface area contributed by atoms with E-state index >= 15 is 0 Å². The van der Waals surface area contributed by atoms with Gasteiger partial charge in [0.25, 0.3) is 5.56 Å². The lowest BCUT2D eigenvalue weighted by molar-refractivity contribution is -0.136. The molecule has 0 unspecified atom stereocenters. The maximum atomic E-state index is 13.3. The van der Waals surface area contributed by atoms with Crippen molar-refractivity contribution < 1.29 is 9.53 Å². The third-order valence-electron chi connectivity index (χ3n) is 4.88. The number of ether oxygens (including phenoxy) is 1. The predicted octanol–water partition coefficient (Wildman–Crippen LogP) is 3.07. The zero-order chi connectivity index (χ0) is 21.1. The molecule has 0 amide bonds. The fourth-order valence-corrected chi connectivity index (χ4v) is 4.47. The van der Waals surface area contributed by atoms with Crippen LogP contribution in [-0.2, 0) is 9.53 Å². The van der Waals surface area contributed by atoms with E-state index in [1.165, 1.54) is 18.4 Å². The molecule has 4 rings (SSSR count). The summed E-state index contributed by atoms with van der Waals surface area (Å²) in [6.45, 7) is 1.77. The van der Waals surface area contributed by atoms with Gasteiger partial charge in [0.1, 0.15) is 0 Å². The molecule has 150 valence electrons. The highest BCUT2D eigenvalue weighted by Gasteiger charge is 2.32. The van der Waals surface area contributed by atoms with Crippen LogP contribution in [0, 0.1) is 0 Å². The number of thiazole rings is 1. The number of carbonyl (C=O) groups excluding carboxylic acids is 1. The molecule has 0 fully saturated rings. The highest BCUT2D eigenvalue weighted by atomic mass is 32.1. The van der Waals surface area contributed by atoms with Gasteiger partial charge in [-0.25, -0.2) is 9.79 Å². The van der Waals surface area contributed by atoms with Gasteiger partial charge in [0.05, 0.1) is 29.0 Å². The van der Waals surface area contributed by atoms with E-state index in [-0.39, 0.29) is 5.56 Å². The normalized spacial score (nSPS) is 16.5. The Morgan fingerprint density at radius 1 is 1.10 bits per heavy atom. The molecule has 0 aliphatic carbocycles. The van der Waals surface area contributed by atoms with E-state index in [2.05, 4.69) is 4.99 Å². The molecule has 0 N–H and O–H groups in total. The zero-order valence-corrected chi connectivity index (χ0v) is 17.4. The number of rotatable bonds is 4. The van der Waals surface area contributed by atoms with Crippen LogP contribution in [0.5, 0.6) is 0 Å². The molecule has 1 aliphatic heterocycles. The smallest absolute Gasteiger partial charge is 0.338 e. The van der Waals surface area contributed by atoms with Gasteiger partial charge < -0.3 is 4.74 Å². The number of methoxy groups -OCH3 is 1. The third-order valence-corrected chi connectivity index (χ3v) is 5.88. The Morgan fingerprint density at radius 2 is 1.77 bits per heavy atom. The second-order valence-electron chi connectivity index (χ2n) is 6.78. The Balaban J connectivity index is 1.87. The number of esters is 1. The summed E-state index contributed by atoms with van der Waals surface area (Å²) in [5.74, 6) is -0.483. The van der Waals surface area contributed by atoms with Gasteiger partial charge in [0, 0.05) is 0 Å². The van der Waals surface area contributed by atoms with Crippen molar-refractivity contribution in [1.82, 2.24) is 4.57 Å². The van der Waals surface area contributed by atoms with Gasteiger partial charge in [-0.1, -0.05) is 84.2 Å². The summed E-state index contributed by atoms with van der Waals surface area (Å²) in [5.41, 5.74) is 2.64. The first-order valence-electron chi connectivity index (χ1n) is 9.47. The van der Waals surface area contributed by atoms with Gasteiger partial charge in [-0.05, 0) is 24.1 Å². The Kier molecular flexibility index (Phi) is 5.59. The predicted molar refractivity (Wildman–Crippen MR) is 119 cm³/mol. The van der Waals surface area contributed by atoms with Gasteiger partial charge in [0.15, 0.2) is 4.80 Å². The van der Waals surface area contributed by atoms with Crippen molar-refractivity contribution in [3.63, 3.8) is 0 Å². The number of carbonyl (C=O) groups is 1. The number of allylic oxidation sites excluding steroid dienone is 2. The van der Waals surface area contributed by atoms with Crippen molar-refractivity contribution in [3.8, 4) is 0 Å². The van der Waals surface area contributed by atoms with Crippen LogP contribution in [0.2, 0.25) is 0 Å². The van der Waals surface area contributed by atoms with Crippen molar-refractivity contribution >= 4 is 29.5 Å². The van der Waals surface area contributed by atoms with E-state index in [0.29, 0.717) is 20.6 Å². The van der Waals surface area contributed by atoms with Crippen LogP contribution in [0.1, 0.15) is 24.1 Å². The Morgan fingerprint density at radius 3 is 2.43 bits per heavy atom. The molecule has 5 nitrogen and oxygen atoms in total. The lowest BCUT2D eigenvalue weighted by atomic mass is 9.96. The highest BCUT2D eigenvalue weighted by Crippen LogP contribution is 2.30. The summed E-state index contributed by atoms with van der Waals surface area (Å²) < 4.78 is 7.14. The number of fused-ring (bicyclic) bond motifs is 1. The first-order chi connectivity index (χ1) is 14.6. The Labute approximate surface area is 177 Å². The molecule has 0 bridgehead atoms. The van der Waals surface area contributed by atoms with Gasteiger partial charge in [-0.2, -0.15) is 0 Å². The molecular weight excluding hydrogens is 396 g/mol. The minimum absolute atomic E-state index is 0.181. The molecule has 1 atom stereocenters. The largest absolute Gasteiger partial charge is 0.466 e. The molecule has 1 aliphatic rings. The standard InChI is InChI=1S/C24H20N2O3S/c1-16-20(23(28)29-2)21(18-13-7-4-8-14-18)26-22(27)19(30-24(26)25-16)15-9-12-17-10-5-3-6-11-17/h3-15,21H,1-2H3/b12-9+,19-15-/t21-/m0/s1. The molecule has 30 heavy (non-hydrogen) atoms. The Hall–Kier alpha value is -3.51. The first-order valence-corrected chi connectivity index (χ1v) is 10.3. The summed E-state index contributed by atoms with van der Waals surface area (Å²) in [6.07, 6.45) is 5.58. The topological polar surface area (TPSA) is 60.7 Å². The van der Waals surface area contributed by atoms with E-state index in [1.807, 2.05) is 72.8 Å². The summed E-state index contributed by atoms with van der Waals surface area (Å²) in [5, 5.41) is 0. The van der Waals surface area contributed by atoms with Crippen LogP contribution in [-0.4, -0.2) is 17.6 Å². The zero-order valence-electron chi connectivity index (χ0n) is 16.6. The quantitative estimate of drug-likeness (QED) is 0.614. The summed E-state index contributed by atoms with van der Waals surface area (Å²) in [7, 11) is 1.34. The number of hydrogen-bond donors (Lipinski definition) is 0. The lowest BCUT2D eigenvalue weighted by Gasteiger charge is -2.24. The van der Waals surface area contributed by atoms with Crippen LogP contribution >= 0.6 is 11.3 Å². The number of nitrogens with zero attached hydrogens (tertiary/aromatic N) is 2. The van der Waals surface area contributed by atoms with Gasteiger partial charge >= 0.3 is 5.97 Å². The maximum Gasteiger partial charge on any atom is 0.338 e. The first kappa shape index (κ1) is 19.8.